The zero-order chi connectivity index (χ0) is 17.3. The second kappa shape index (κ2) is 6.47. The van der Waals surface area contributed by atoms with Crippen molar-refractivity contribution >= 4 is 17.5 Å². The topological polar surface area (TPSA) is 75.4 Å². The van der Waals surface area contributed by atoms with Gasteiger partial charge in [0.2, 0.25) is 11.7 Å². The van der Waals surface area contributed by atoms with Crippen molar-refractivity contribution in [3.63, 3.8) is 0 Å². The molecule has 24 heavy (non-hydrogen) atoms. The highest BCUT2D eigenvalue weighted by Gasteiger charge is 2.32. The van der Waals surface area contributed by atoms with Crippen molar-refractivity contribution < 1.29 is 14.0 Å². The van der Waals surface area contributed by atoms with Crippen molar-refractivity contribution in [3.8, 4) is 0 Å². The first-order valence-electron chi connectivity index (χ1n) is 8.14. The van der Waals surface area contributed by atoms with E-state index in [0.29, 0.717) is 24.4 Å². The van der Waals surface area contributed by atoms with Crippen LogP contribution in [0.5, 0.6) is 0 Å². The molecule has 2 amide bonds. The highest BCUT2D eigenvalue weighted by atomic mass is 16.4. The number of nitrogens with zero attached hydrogens (tertiary/aromatic N) is 2. The molecule has 1 atom stereocenters. The molecule has 3 rings (SSSR count). The van der Waals surface area contributed by atoms with Crippen molar-refractivity contribution in [2.45, 2.75) is 39.2 Å². The van der Waals surface area contributed by atoms with Crippen LogP contribution >= 0.6 is 0 Å². The molecule has 1 aliphatic rings. The summed E-state index contributed by atoms with van der Waals surface area (Å²) in [5.41, 5.74) is 2.47. The summed E-state index contributed by atoms with van der Waals surface area (Å²) in [7, 11) is 1.72. The van der Waals surface area contributed by atoms with Crippen molar-refractivity contribution in [1.29, 1.82) is 0 Å². The van der Waals surface area contributed by atoms with Crippen LogP contribution in [0.4, 0.5) is 5.69 Å². The molecule has 2 heterocycles. The lowest BCUT2D eigenvalue weighted by Crippen LogP contribution is -2.51. The molecule has 6 heteroatoms. The van der Waals surface area contributed by atoms with Gasteiger partial charge in [-0.1, -0.05) is 25.1 Å². The number of hydrogen-bond donors (Lipinski definition) is 1. The van der Waals surface area contributed by atoms with Crippen molar-refractivity contribution in [1.82, 2.24) is 10.3 Å². The number of anilines is 1. The lowest BCUT2D eigenvalue weighted by Gasteiger charge is -2.31. The van der Waals surface area contributed by atoms with E-state index in [-0.39, 0.29) is 11.7 Å². The minimum Gasteiger partial charge on any atom is -0.435 e. The summed E-state index contributed by atoms with van der Waals surface area (Å²) in [5, 5.41) is 2.79. The van der Waals surface area contributed by atoms with Gasteiger partial charge >= 0.3 is 0 Å². The van der Waals surface area contributed by atoms with Crippen molar-refractivity contribution in [2.24, 2.45) is 0 Å². The standard InChI is InChI=1S/C18H21N3O3/c1-4-7-15-19-11(2)16(24-15)17(22)20-13-10-12-8-5-6-9-14(12)21(3)18(13)23/h5-6,8-9,13H,4,7,10H2,1-3H3,(H,20,22). The summed E-state index contributed by atoms with van der Waals surface area (Å²) in [6.07, 6.45) is 2.05. The van der Waals surface area contributed by atoms with Crippen molar-refractivity contribution in [3.05, 3.63) is 47.2 Å². The number of rotatable bonds is 4. The minimum atomic E-state index is -0.600. The predicted octanol–water partition coefficient (Wildman–Crippen LogP) is 2.25. The van der Waals surface area contributed by atoms with Crippen LogP contribution in [0, 0.1) is 6.92 Å². The lowest BCUT2D eigenvalue weighted by atomic mass is 9.97. The molecular weight excluding hydrogens is 306 g/mol. The summed E-state index contributed by atoms with van der Waals surface area (Å²) in [6.45, 7) is 3.76. The van der Waals surface area contributed by atoms with Crippen LogP contribution in [0.3, 0.4) is 0 Å². The fourth-order valence-electron chi connectivity index (χ4n) is 2.99. The summed E-state index contributed by atoms with van der Waals surface area (Å²) >= 11 is 0. The lowest BCUT2D eigenvalue weighted by molar-refractivity contribution is -0.120. The molecule has 1 N–H and O–H groups in total. The molecule has 0 aliphatic carbocycles. The molecule has 1 unspecified atom stereocenters. The van der Waals surface area contributed by atoms with Crippen molar-refractivity contribution in [2.75, 3.05) is 11.9 Å². The maximum atomic E-state index is 12.5. The normalized spacial score (nSPS) is 16.9. The van der Waals surface area contributed by atoms with Gasteiger partial charge in [-0.2, -0.15) is 0 Å². The summed E-state index contributed by atoms with van der Waals surface area (Å²) in [6, 6.07) is 7.10. The monoisotopic (exact) mass is 327 g/mol. The Labute approximate surface area is 140 Å². The Kier molecular flexibility index (Phi) is 4.38. The summed E-state index contributed by atoms with van der Waals surface area (Å²) in [5.74, 6) is 0.215. The third-order valence-corrected chi connectivity index (χ3v) is 4.22. The Morgan fingerprint density at radius 2 is 2.17 bits per heavy atom. The van der Waals surface area contributed by atoms with E-state index >= 15 is 0 Å². The molecule has 2 aromatic rings. The molecule has 1 aliphatic heterocycles. The first-order valence-corrected chi connectivity index (χ1v) is 8.14. The number of oxazole rings is 1. The van der Waals surface area contributed by atoms with Gasteiger partial charge in [-0.05, 0) is 25.0 Å². The number of hydrogen-bond acceptors (Lipinski definition) is 4. The van der Waals surface area contributed by atoms with E-state index in [2.05, 4.69) is 10.3 Å². The summed E-state index contributed by atoms with van der Waals surface area (Å²) in [4.78, 5) is 30.9. The smallest absolute Gasteiger partial charge is 0.289 e. The number of aromatic nitrogens is 1. The number of fused-ring (bicyclic) bond motifs is 1. The molecule has 1 aromatic carbocycles. The Morgan fingerprint density at radius 3 is 2.92 bits per heavy atom. The van der Waals surface area contributed by atoms with Crippen LogP contribution in [0.1, 0.15) is 41.0 Å². The summed E-state index contributed by atoms with van der Waals surface area (Å²) < 4.78 is 5.54. The number of carbonyl (C=O) groups is 2. The molecule has 0 spiro atoms. The number of para-hydroxylation sites is 1. The van der Waals surface area contributed by atoms with Gasteiger partial charge in [0.05, 0.1) is 5.69 Å². The zero-order valence-corrected chi connectivity index (χ0v) is 14.1. The quantitative estimate of drug-likeness (QED) is 0.934. The Morgan fingerprint density at radius 1 is 1.42 bits per heavy atom. The van der Waals surface area contributed by atoms with Crippen LogP contribution in [-0.4, -0.2) is 29.9 Å². The van der Waals surface area contributed by atoms with E-state index in [1.54, 1.807) is 18.9 Å². The van der Waals surface area contributed by atoms with E-state index in [9.17, 15) is 9.59 Å². The van der Waals surface area contributed by atoms with E-state index in [1.807, 2.05) is 31.2 Å². The van der Waals surface area contributed by atoms with E-state index in [4.69, 9.17) is 4.42 Å². The second-order valence-electron chi connectivity index (χ2n) is 6.03. The maximum Gasteiger partial charge on any atom is 0.289 e. The molecule has 0 saturated carbocycles. The van der Waals surface area contributed by atoms with Crippen LogP contribution < -0.4 is 10.2 Å². The first-order chi connectivity index (χ1) is 11.5. The molecule has 126 valence electrons. The predicted molar refractivity (Wildman–Crippen MR) is 90.0 cm³/mol. The minimum absolute atomic E-state index is 0.131. The highest BCUT2D eigenvalue weighted by Crippen LogP contribution is 2.26. The van der Waals surface area contributed by atoms with Gasteiger partial charge < -0.3 is 14.6 Å². The van der Waals surface area contributed by atoms with Crippen LogP contribution in [0.15, 0.2) is 28.7 Å². The average Bonchev–Trinajstić information content (AvgIpc) is 2.93. The van der Waals surface area contributed by atoms with E-state index in [1.165, 1.54) is 0 Å². The molecule has 0 fully saturated rings. The van der Waals surface area contributed by atoms with Crippen LogP contribution in [-0.2, 0) is 17.6 Å². The number of amides is 2. The third-order valence-electron chi connectivity index (χ3n) is 4.22. The number of nitrogens with one attached hydrogen (secondary N) is 1. The zero-order valence-electron chi connectivity index (χ0n) is 14.1. The maximum absolute atomic E-state index is 12.5. The first kappa shape index (κ1) is 16.2. The van der Waals surface area contributed by atoms with Gasteiger partial charge in [-0.15, -0.1) is 0 Å². The fourth-order valence-corrected chi connectivity index (χ4v) is 2.99. The van der Waals surface area contributed by atoms with Gasteiger partial charge in [0.1, 0.15) is 6.04 Å². The molecule has 1 aromatic heterocycles. The van der Waals surface area contributed by atoms with Gasteiger partial charge in [0, 0.05) is 25.6 Å². The number of likely N-dealkylation sites (N-methyl/N-ethyl adjacent to an activating group) is 1. The van der Waals surface area contributed by atoms with Gasteiger partial charge in [0.25, 0.3) is 5.91 Å². The molecule has 0 saturated heterocycles. The van der Waals surface area contributed by atoms with E-state index in [0.717, 1.165) is 17.7 Å². The Hall–Kier alpha value is -2.63. The third kappa shape index (κ3) is 2.91. The molecule has 0 bridgehead atoms. The average molecular weight is 327 g/mol. The van der Waals surface area contributed by atoms with Crippen LogP contribution in [0.25, 0.3) is 0 Å². The Balaban J connectivity index is 1.79. The van der Waals surface area contributed by atoms with Gasteiger partial charge in [-0.3, -0.25) is 9.59 Å². The largest absolute Gasteiger partial charge is 0.435 e. The fraction of sp³-hybridized carbons (Fsp3) is 0.389. The number of aryl methyl sites for hydroxylation is 2. The highest BCUT2D eigenvalue weighted by molar-refractivity contribution is 6.03. The van der Waals surface area contributed by atoms with Gasteiger partial charge in [-0.25, -0.2) is 4.98 Å². The number of benzene rings is 1. The second-order valence-corrected chi connectivity index (χ2v) is 6.03. The van der Waals surface area contributed by atoms with E-state index < -0.39 is 11.9 Å². The Bertz CT molecular complexity index is 782. The molecule has 6 nitrogen and oxygen atoms in total. The SMILES string of the molecule is CCCc1nc(C)c(C(=O)NC2Cc3ccccc3N(C)C2=O)o1. The van der Waals surface area contributed by atoms with Gasteiger partial charge in [0.15, 0.2) is 5.89 Å². The molecular formula is C18H21N3O3. The number of carbonyl (C=O) groups excluding carboxylic acids is 2. The van der Waals surface area contributed by atoms with Crippen LogP contribution in [0.2, 0.25) is 0 Å². The molecule has 0 radical (unpaired) electrons.